The molecular formula is C22H13BrClIN2O2. The number of halogens is 3. The van der Waals surface area contributed by atoms with Crippen LogP contribution in [0.15, 0.2) is 75.6 Å². The van der Waals surface area contributed by atoms with Crippen molar-refractivity contribution in [2.24, 2.45) is 0 Å². The molecule has 0 saturated heterocycles. The highest BCUT2D eigenvalue weighted by atomic mass is 127. The number of benzene rings is 3. The van der Waals surface area contributed by atoms with Crippen LogP contribution in [0.1, 0.15) is 5.56 Å². The van der Waals surface area contributed by atoms with E-state index in [1.54, 1.807) is 36.4 Å². The van der Waals surface area contributed by atoms with Crippen LogP contribution in [0.3, 0.4) is 0 Å². The third-order valence-corrected chi connectivity index (χ3v) is 5.73. The molecule has 1 heterocycles. The van der Waals surface area contributed by atoms with Crippen LogP contribution in [0.25, 0.3) is 28.6 Å². The molecule has 0 aliphatic carbocycles. The summed E-state index contributed by atoms with van der Waals surface area (Å²) in [5.41, 5.74) is 3.74. The van der Waals surface area contributed by atoms with Crippen LogP contribution in [0.2, 0.25) is 5.02 Å². The minimum atomic E-state index is -0.233. The van der Waals surface area contributed by atoms with Crippen LogP contribution >= 0.6 is 50.1 Å². The van der Waals surface area contributed by atoms with Gasteiger partial charge in [-0.05, 0) is 98.7 Å². The zero-order valence-corrected chi connectivity index (χ0v) is 19.3. The average Bonchev–Trinajstić information content (AvgIpc) is 3.12. The van der Waals surface area contributed by atoms with E-state index in [1.165, 1.54) is 6.08 Å². The quantitative estimate of drug-likeness (QED) is 0.206. The molecule has 29 heavy (non-hydrogen) atoms. The minimum absolute atomic E-state index is 0.233. The number of anilines is 1. The minimum Gasteiger partial charge on any atom is -0.436 e. The van der Waals surface area contributed by atoms with Crippen molar-refractivity contribution in [2.75, 3.05) is 5.32 Å². The number of hydrogen-bond donors (Lipinski definition) is 1. The Labute approximate surface area is 194 Å². The number of oxazole rings is 1. The smallest absolute Gasteiger partial charge is 0.248 e. The zero-order valence-electron chi connectivity index (χ0n) is 14.8. The van der Waals surface area contributed by atoms with Gasteiger partial charge < -0.3 is 9.73 Å². The number of carbonyl (C=O) groups is 1. The Morgan fingerprint density at radius 1 is 1.10 bits per heavy atom. The van der Waals surface area contributed by atoms with E-state index >= 15 is 0 Å². The lowest BCUT2D eigenvalue weighted by molar-refractivity contribution is -0.111. The van der Waals surface area contributed by atoms with Gasteiger partial charge in [0.05, 0.1) is 5.56 Å². The molecule has 0 aliphatic rings. The van der Waals surface area contributed by atoms with Gasteiger partial charge in [-0.2, -0.15) is 0 Å². The predicted molar refractivity (Wildman–Crippen MR) is 129 cm³/mol. The van der Waals surface area contributed by atoms with Gasteiger partial charge in [0, 0.05) is 24.8 Å². The summed E-state index contributed by atoms with van der Waals surface area (Å²) < 4.78 is 7.88. The number of rotatable bonds is 4. The number of nitrogens with zero attached hydrogens (tertiary/aromatic N) is 1. The first-order valence-electron chi connectivity index (χ1n) is 8.58. The van der Waals surface area contributed by atoms with Crippen LogP contribution in [-0.2, 0) is 4.79 Å². The second kappa shape index (κ2) is 8.69. The van der Waals surface area contributed by atoms with Crippen LogP contribution in [0, 0.1) is 3.57 Å². The zero-order chi connectivity index (χ0) is 20.4. The number of nitrogens with one attached hydrogen (secondary N) is 1. The van der Waals surface area contributed by atoms with E-state index in [0.717, 1.165) is 19.2 Å². The highest BCUT2D eigenvalue weighted by Gasteiger charge is 2.12. The Balaban J connectivity index is 1.53. The summed E-state index contributed by atoms with van der Waals surface area (Å²) in [6.45, 7) is 0. The monoisotopic (exact) mass is 578 g/mol. The molecule has 0 radical (unpaired) electrons. The first kappa shape index (κ1) is 20.1. The third kappa shape index (κ3) is 4.88. The number of carbonyl (C=O) groups excluding carboxylic acids is 1. The van der Waals surface area contributed by atoms with Gasteiger partial charge in [0.2, 0.25) is 11.8 Å². The standard InChI is InChI=1S/C22H13BrClIN2O2/c23-18-8-6-15(25)11-17(18)22-27-19-12-16(7-9-20(19)29-22)26-21(28)10-3-13-1-4-14(24)5-2-13/h1-12H,(H,26,28)/b10-3+. The molecule has 0 aliphatic heterocycles. The van der Waals surface area contributed by atoms with E-state index in [2.05, 4.69) is 48.8 Å². The Hall–Kier alpha value is -2.16. The summed E-state index contributed by atoms with van der Waals surface area (Å²) in [5.74, 6) is 0.292. The van der Waals surface area contributed by atoms with Crippen molar-refractivity contribution < 1.29 is 9.21 Å². The van der Waals surface area contributed by atoms with Crippen molar-refractivity contribution in [2.45, 2.75) is 0 Å². The molecule has 0 unspecified atom stereocenters. The average molecular weight is 580 g/mol. The maximum atomic E-state index is 12.2. The molecule has 0 atom stereocenters. The second-order valence-electron chi connectivity index (χ2n) is 6.20. The van der Waals surface area contributed by atoms with E-state index in [-0.39, 0.29) is 5.91 Å². The summed E-state index contributed by atoms with van der Waals surface area (Å²) in [6.07, 6.45) is 3.21. The summed E-state index contributed by atoms with van der Waals surface area (Å²) in [4.78, 5) is 16.8. The van der Waals surface area contributed by atoms with E-state index in [9.17, 15) is 4.79 Å². The molecule has 4 rings (SSSR count). The van der Waals surface area contributed by atoms with Gasteiger partial charge in [0.1, 0.15) is 5.52 Å². The summed E-state index contributed by atoms with van der Waals surface area (Å²) in [7, 11) is 0. The number of fused-ring (bicyclic) bond motifs is 1. The van der Waals surface area contributed by atoms with Crippen molar-refractivity contribution in [1.29, 1.82) is 0 Å². The highest BCUT2D eigenvalue weighted by Crippen LogP contribution is 2.32. The van der Waals surface area contributed by atoms with E-state index in [1.807, 2.05) is 30.3 Å². The van der Waals surface area contributed by atoms with Crippen molar-refractivity contribution >= 4 is 78.9 Å². The molecule has 4 aromatic rings. The third-order valence-electron chi connectivity index (χ3n) is 4.11. The number of hydrogen-bond acceptors (Lipinski definition) is 3. The fourth-order valence-corrected chi connectivity index (χ4v) is 3.74. The molecule has 0 fully saturated rings. The lowest BCUT2D eigenvalue weighted by Crippen LogP contribution is -2.07. The van der Waals surface area contributed by atoms with E-state index < -0.39 is 0 Å². The van der Waals surface area contributed by atoms with E-state index in [4.69, 9.17) is 16.0 Å². The van der Waals surface area contributed by atoms with Gasteiger partial charge in [0.25, 0.3) is 0 Å². The number of aromatic nitrogens is 1. The van der Waals surface area contributed by atoms with Crippen LogP contribution in [-0.4, -0.2) is 10.9 Å². The van der Waals surface area contributed by atoms with Gasteiger partial charge in [-0.25, -0.2) is 4.98 Å². The Kier molecular flexibility index (Phi) is 6.03. The molecule has 1 aromatic heterocycles. The van der Waals surface area contributed by atoms with Gasteiger partial charge in [0.15, 0.2) is 5.58 Å². The first-order chi connectivity index (χ1) is 14.0. The highest BCUT2D eigenvalue weighted by molar-refractivity contribution is 14.1. The van der Waals surface area contributed by atoms with E-state index in [0.29, 0.717) is 27.7 Å². The van der Waals surface area contributed by atoms with Crippen molar-refractivity contribution in [3.8, 4) is 11.5 Å². The summed E-state index contributed by atoms with van der Waals surface area (Å²) >= 11 is 11.7. The number of amides is 1. The molecule has 0 spiro atoms. The molecular weight excluding hydrogens is 567 g/mol. The Morgan fingerprint density at radius 2 is 1.90 bits per heavy atom. The largest absolute Gasteiger partial charge is 0.436 e. The molecule has 1 amide bonds. The van der Waals surface area contributed by atoms with Gasteiger partial charge >= 0.3 is 0 Å². The topological polar surface area (TPSA) is 55.1 Å². The molecule has 1 N–H and O–H groups in total. The van der Waals surface area contributed by atoms with Crippen LogP contribution in [0.5, 0.6) is 0 Å². The fourth-order valence-electron chi connectivity index (χ4n) is 2.71. The Morgan fingerprint density at radius 3 is 2.69 bits per heavy atom. The molecule has 4 nitrogen and oxygen atoms in total. The van der Waals surface area contributed by atoms with Gasteiger partial charge in [-0.15, -0.1) is 0 Å². The second-order valence-corrected chi connectivity index (χ2v) is 8.74. The summed E-state index contributed by atoms with van der Waals surface area (Å²) in [6, 6.07) is 18.6. The Bertz CT molecular complexity index is 1240. The van der Waals surface area contributed by atoms with Crippen molar-refractivity contribution in [3.05, 3.63) is 85.4 Å². The molecule has 144 valence electrons. The normalized spacial score (nSPS) is 11.3. The van der Waals surface area contributed by atoms with Gasteiger partial charge in [-0.3, -0.25) is 4.79 Å². The van der Waals surface area contributed by atoms with Crippen LogP contribution < -0.4 is 5.32 Å². The lowest BCUT2D eigenvalue weighted by atomic mass is 10.2. The molecule has 3 aromatic carbocycles. The summed E-state index contributed by atoms with van der Waals surface area (Å²) in [5, 5.41) is 3.50. The predicted octanol–water partition coefficient (Wildman–Crippen LogP) is 7.17. The lowest BCUT2D eigenvalue weighted by Gasteiger charge is -2.01. The van der Waals surface area contributed by atoms with Gasteiger partial charge in [-0.1, -0.05) is 23.7 Å². The maximum absolute atomic E-state index is 12.2. The molecule has 7 heteroatoms. The first-order valence-corrected chi connectivity index (χ1v) is 10.8. The van der Waals surface area contributed by atoms with Crippen molar-refractivity contribution in [1.82, 2.24) is 4.98 Å². The van der Waals surface area contributed by atoms with Crippen LogP contribution in [0.4, 0.5) is 5.69 Å². The van der Waals surface area contributed by atoms with Crippen molar-refractivity contribution in [3.63, 3.8) is 0 Å². The molecule has 0 saturated carbocycles. The molecule has 0 bridgehead atoms. The maximum Gasteiger partial charge on any atom is 0.248 e. The fraction of sp³-hybridized carbons (Fsp3) is 0. The SMILES string of the molecule is O=C(/C=C/c1ccc(Cl)cc1)Nc1ccc2oc(-c3cc(I)ccc3Br)nc2c1.